The van der Waals surface area contributed by atoms with Crippen LogP contribution in [0.2, 0.25) is 0 Å². The minimum absolute atomic E-state index is 0.564. The van der Waals surface area contributed by atoms with Crippen LogP contribution in [-0.4, -0.2) is 15.9 Å². The fourth-order valence-electron chi connectivity index (χ4n) is 0.967. The van der Waals surface area contributed by atoms with Crippen LogP contribution in [0.3, 0.4) is 0 Å². The summed E-state index contributed by atoms with van der Waals surface area (Å²) in [5.41, 5.74) is 1.39. The molecular weight excluding hydrogens is 190 g/mol. The average Bonchev–Trinajstić information content (AvgIpc) is 2.08. The summed E-state index contributed by atoms with van der Waals surface area (Å²) in [4.78, 5) is 0. The lowest BCUT2D eigenvalue weighted by Crippen LogP contribution is -2.03. The summed E-state index contributed by atoms with van der Waals surface area (Å²) in [5.74, 6) is 0.708. The third-order valence-corrected chi connectivity index (χ3v) is 2.01. The molecule has 0 aromatic heterocycles. The lowest BCUT2D eigenvalue weighted by Gasteiger charge is -2.11. The first-order chi connectivity index (χ1) is 6.13. The van der Waals surface area contributed by atoms with E-state index in [2.05, 4.69) is 4.72 Å². The topological polar surface area (TPSA) is 61.4 Å². The van der Waals surface area contributed by atoms with Crippen LogP contribution >= 0.6 is 0 Å². The Hall–Kier alpha value is -1.07. The van der Waals surface area contributed by atoms with Crippen LogP contribution in [0, 0.1) is 6.92 Å². The highest BCUT2D eigenvalue weighted by atomic mass is 32.2. The van der Waals surface area contributed by atoms with E-state index in [4.69, 9.17) is 4.74 Å². The molecule has 0 amide bonds. The van der Waals surface area contributed by atoms with E-state index in [0.29, 0.717) is 11.4 Å². The number of aryl methyl sites for hydroxylation is 1. The Morgan fingerprint density at radius 1 is 1.54 bits per heavy atom. The molecule has 4 nitrogen and oxygen atoms in total. The smallest absolute Gasteiger partial charge is 0.119 e. The molecule has 1 aromatic carbocycles. The van der Waals surface area contributed by atoms with Crippen molar-refractivity contribution in [2.75, 3.05) is 11.8 Å². The Morgan fingerprint density at radius 2 is 2.23 bits per heavy atom. The summed E-state index contributed by atoms with van der Waals surface area (Å²) in [6, 6.07) is 5.11. The Labute approximate surface area is 79.3 Å². The van der Waals surface area contributed by atoms with Gasteiger partial charge in [-0.1, -0.05) is 0 Å². The predicted octanol–water partition coefficient (Wildman–Crippen LogP) is 1.21. The van der Waals surface area contributed by atoms with Crippen LogP contribution in [0.5, 0.6) is 5.75 Å². The van der Waals surface area contributed by atoms with Crippen molar-refractivity contribution in [3.8, 4) is 5.75 Å². The van der Waals surface area contributed by atoms with Gasteiger partial charge in [-0.15, -0.1) is 0 Å². The second kappa shape index (κ2) is 4.25. The summed E-state index contributed by atoms with van der Waals surface area (Å²) >= 11 is -2.28. The van der Waals surface area contributed by atoms with Crippen LogP contribution in [0.4, 0.5) is 5.69 Å². The zero-order chi connectivity index (χ0) is 9.84. The van der Waals surface area contributed by atoms with Crippen LogP contribution in [0.15, 0.2) is 18.2 Å². The third kappa shape index (κ3) is 2.71. The fourth-order valence-corrected chi connectivity index (χ4v) is 1.38. The molecule has 0 aliphatic rings. The molecule has 0 spiro atoms. The highest BCUT2D eigenvalue weighted by Gasteiger charge is 1.98. The normalized spacial score (nSPS) is 12.2. The Kier molecular flexibility index (Phi) is 3.27. The van der Waals surface area contributed by atoms with Crippen LogP contribution in [-0.2, 0) is 11.3 Å². The minimum Gasteiger partial charge on any atom is -0.755 e. The van der Waals surface area contributed by atoms with Crippen LogP contribution < -0.4 is 9.46 Å². The minimum atomic E-state index is -2.28. The molecule has 0 aliphatic carbocycles. The first-order valence-corrected chi connectivity index (χ1v) is 4.71. The van der Waals surface area contributed by atoms with Gasteiger partial charge in [0.15, 0.2) is 0 Å². The number of nitrogens with one attached hydrogen (secondary N) is 1. The molecule has 0 saturated heterocycles. The maximum Gasteiger partial charge on any atom is 0.119 e. The van der Waals surface area contributed by atoms with Gasteiger partial charge in [-0.2, -0.15) is 0 Å². The molecular formula is C8H10NO3S-. The van der Waals surface area contributed by atoms with Crippen molar-refractivity contribution in [2.45, 2.75) is 6.92 Å². The van der Waals surface area contributed by atoms with Crippen molar-refractivity contribution in [3.05, 3.63) is 23.8 Å². The van der Waals surface area contributed by atoms with Crippen molar-refractivity contribution in [1.29, 1.82) is 0 Å². The van der Waals surface area contributed by atoms with E-state index in [1.165, 1.54) is 0 Å². The zero-order valence-electron chi connectivity index (χ0n) is 7.37. The molecule has 1 rings (SSSR count). The second-order valence-corrected chi connectivity index (χ2v) is 3.19. The van der Waals surface area contributed by atoms with Gasteiger partial charge in [0.05, 0.1) is 7.11 Å². The van der Waals surface area contributed by atoms with E-state index in [0.717, 1.165) is 5.56 Å². The molecule has 0 aliphatic heterocycles. The molecule has 0 fully saturated rings. The van der Waals surface area contributed by atoms with E-state index < -0.39 is 11.3 Å². The van der Waals surface area contributed by atoms with Gasteiger partial charge in [-0.05, 0) is 30.7 Å². The van der Waals surface area contributed by atoms with E-state index in [1.54, 1.807) is 32.2 Å². The average molecular weight is 200 g/mol. The molecule has 0 heterocycles. The summed E-state index contributed by atoms with van der Waals surface area (Å²) in [7, 11) is 1.56. The van der Waals surface area contributed by atoms with E-state index in [-0.39, 0.29) is 0 Å². The molecule has 1 aromatic rings. The number of hydrogen-bond donors (Lipinski definition) is 1. The zero-order valence-corrected chi connectivity index (χ0v) is 8.18. The molecule has 0 radical (unpaired) electrons. The second-order valence-electron chi connectivity index (χ2n) is 2.52. The van der Waals surface area contributed by atoms with Crippen molar-refractivity contribution in [1.82, 2.24) is 0 Å². The summed E-state index contributed by atoms with van der Waals surface area (Å²) in [6.45, 7) is 1.80. The number of ether oxygens (including phenoxy) is 1. The number of benzene rings is 1. The van der Waals surface area contributed by atoms with Gasteiger partial charge in [-0.3, -0.25) is 4.21 Å². The van der Waals surface area contributed by atoms with Crippen molar-refractivity contribution in [2.24, 2.45) is 0 Å². The quantitative estimate of drug-likeness (QED) is 0.746. The SMILES string of the molecule is COc1ccc(NS(=O)[O-])c(C)c1. The van der Waals surface area contributed by atoms with Gasteiger partial charge in [-0.25, -0.2) is 0 Å². The first kappa shape index (κ1) is 10.0. The lowest BCUT2D eigenvalue weighted by atomic mass is 10.2. The van der Waals surface area contributed by atoms with Gasteiger partial charge in [0.25, 0.3) is 0 Å². The monoisotopic (exact) mass is 200 g/mol. The molecule has 1 atom stereocenters. The van der Waals surface area contributed by atoms with E-state index >= 15 is 0 Å². The highest BCUT2D eigenvalue weighted by Crippen LogP contribution is 2.20. The van der Waals surface area contributed by atoms with Crippen molar-refractivity contribution >= 4 is 17.0 Å². The molecule has 1 N–H and O–H groups in total. The van der Waals surface area contributed by atoms with Crippen LogP contribution in [0.25, 0.3) is 0 Å². The van der Waals surface area contributed by atoms with Gasteiger partial charge in [0.2, 0.25) is 0 Å². The van der Waals surface area contributed by atoms with Gasteiger partial charge >= 0.3 is 0 Å². The number of methoxy groups -OCH3 is 1. The molecule has 0 saturated carbocycles. The number of anilines is 1. The molecule has 5 heteroatoms. The number of hydrogen-bond acceptors (Lipinski definition) is 3. The Morgan fingerprint density at radius 3 is 2.69 bits per heavy atom. The maximum atomic E-state index is 10.3. The van der Waals surface area contributed by atoms with Gasteiger partial charge in [0.1, 0.15) is 5.75 Å². The number of rotatable bonds is 3. The van der Waals surface area contributed by atoms with Crippen LogP contribution in [0.1, 0.15) is 5.56 Å². The molecule has 0 bridgehead atoms. The summed E-state index contributed by atoms with van der Waals surface area (Å²) in [5, 5.41) is 0. The Bertz CT molecular complexity index is 327. The van der Waals surface area contributed by atoms with Gasteiger partial charge < -0.3 is 14.0 Å². The van der Waals surface area contributed by atoms with Crippen molar-refractivity contribution < 1.29 is 13.5 Å². The predicted molar refractivity (Wildman–Crippen MR) is 50.3 cm³/mol. The van der Waals surface area contributed by atoms with E-state index in [9.17, 15) is 8.76 Å². The standard InChI is InChI=1S/C8H11NO3S/c1-6-5-7(12-2)3-4-8(6)9-13(10)11/h3-5,9H,1-2H3,(H,10,11)/p-1. The highest BCUT2D eigenvalue weighted by molar-refractivity contribution is 7.80. The lowest BCUT2D eigenvalue weighted by molar-refractivity contribution is 0.414. The molecule has 72 valence electrons. The fraction of sp³-hybridized carbons (Fsp3) is 0.250. The summed E-state index contributed by atoms with van der Waals surface area (Å²) in [6.07, 6.45) is 0. The van der Waals surface area contributed by atoms with Crippen molar-refractivity contribution in [3.63, 3.8) is 0 Å². The summed E-state index contributed by atoms with van der Waals surface area (Å²) < 4.78 is 27.9. The van der Waals surface area contributed by atoms with Gasteiger partial charge in [0, 0.05) is 17.0 Å². The molecule has 13 heavy (non-hydrogen) atoms. The molecule has 1 unspecified atom stereocenters. The van der Waals surface area contributed by atoms with E-state index in [1.807, 2.05) is 0 Å². The third-order valence-electron chi connectivity index (χ3n) is 1.63. The first-order valence-electron chi connectivity index (χ1n) is 3.64. The largest absolute Gasteiger partial charge is 0.755 e. The Balaban J connectivity index is 2.91. The maximum absolute atomic E-state index is 10.3.